The van der Waals surface area contributed by atoms with Crippen LogP contribution in [-0.2, 0) is 6.54 Å². The van der Waals surface area contributed by atoms with E-state index in [0.717, 1.165) is 12.1 Å². The fourth-order valence-electron chi connectivity index (χ4n) is 1.76. The highest BCUT2D eigenvalue weighted by atomic mass is 16.5. The Labute approximate surface area is 96.4 Å². The molecule has 16 heavy (non-hydrogen) atoms. The van der Waals surface area contributed by atoms with Crippen molar-refractivity contribution in [3.8, 4) is 11.5 Å². The van der Waals surface area contributed by atoms with Gasteiger partial charge in [-0.25, -0.2) is 0 Å². The molecule has 3 heteroatoms. The van der Waals surface area contributed by atoms with E-state index in [-0.39, 0.29) is 5.75 Å². The highest BCUT2D eigenvalue weighted by Crippen LogP contribution is 2.44. The normalized spacial score (nSPS) is 17.1. The van der Waals surface area contributed by atoms with E-state index in [1.807, 2.05) is 12.1 Å². The smallest absolute Gasteiger partial charge is 0.162 e. The van der Waals surface area contributed by atoms with E-state index in [9.17, 15) is 5.11 Å². The van der Waals surface area contributed by atoms with Gasteiger partial charge in [-0.05, 0) is 24.3 Å². The second kappa shape index (κ2) is 4.34. The summed E-state index contributed by atoms with van der Waals surface area (Å²) in [5.74, 6) is 0.787. The topological polar surface area (TPSA) is 41.5 Å². The monoisotopic (exact) mass is 221 g/mol. The van der Waals surface area contributed by atoms with E-state index in [4.69, 9.17) is 4.74 Å². The van der Waals surface area contributed by atoms with E-state index in [1.165, 1.54) is 12.8 Å². The number of benzene rings is 1. The lowest BCUT2D eigenvalue weighted by atomic mass is 10.1. The molecule has 2 N–H and O–H groups in total. The van der Waals surface area contributed by atoms with Crippen molar-refractivity contribution in [1.29, 1.82) is 0 Å². The lowest BCUT2D eigenvalue weighted by molar-refractivity contribution is 0.369. The molecule has 2 rings (SSSR count). The van der Waals surface area contributed by atoms with Crippen LogP contribution in [0.5, 0.6) is 11.5 Å². The number of nitrogens with one attached hydrogen (secondary N) is 1. The summed E-state index contributed by atoms with van der Waals surface area (Å²) in [7, 11) is 1.57. The SMILES string of the molecule is COc1cccc(CNCC2(C)CC2)c1O. The minimum atomic E-state index is 0.249. The molecule has 0 amide bonds. The Balaban J connectivity index is 1.93. The van der Waals surface area contributed by atoms with E-state index < -0.39 is 0 Å². The van der Waals surface area contributed by atoms with Crippen LogP contribution in [0.15, 0.2) is 18.2 Å². The predicted octanol–water partition coefficient (Wildman–Crippen LogP) is 2.29. The zero-order valence-electron chi connectivity index (χ0n) is 9.92. The van der Waals surface area contributed by atoms with Crippen molar-refractivity contribution in [3.05, 3.63) is 23.8 Å². The van der Waals surface area contributed by atoms with E-state index >= 15 is 0 Å². The van der Waals surface area contributed by atoms with Gasteiger partial charge in [0, 0.05) is 18.7 Å². The Kier molecular flexibility index (Phi) is 3.06. The summed E-state index contributed by atoms with van der Waals surface area (Å²) in [5, 5.41) is 13.2. The second-order valence-corrected chi connectivity index (χ2v) is 4.88. The van der Waals surface area contributed by atoms with Crippen molar-refractivity contribution in [2.24, 2.45) is 5.41 Å². The van der Waals surface area contributed by atoms with Gasteiger partial charge in [-0.15, -0.1) is 0 Å². The fourth-order valence-corrected chi connectivity index (χ4v) is 1.76. The Morgan fingerprint density at radius 3 is 2.81 bits per heavy atom. The highest BCUT2D eigenvalue weighted by Gasteiger charge is 2.36. The second-order valence-electron chi connectivity index (χ2n) is 4.88. The summed E-state index contributed by atoms with van der Waals surface area (Å²) in [5.41, 5.74) is 1.39. The maximum Gasteiger partial charge on any atom is 0.162 e. The lowest BCUT2D eigenvalue weighted by Gasteiger charge is -2.12. The molecule has 88 valence electrons. The first kappa shape index (κ1) is 11.3. The maximum absolute atomic E-state index is 9.87. The van der Waals surface area contributed by atoms with Crippen molar-refractivity contribution in [2.45, 2.75) is 26.3 Å². The van der Waals surface area contributed by atoms with Crippen molar-refractivity contribution in [2.75, 3.05) is 13.7 Å². The fraction of sp³-hybridized carbons (Fsp3) is 0.538. The van der Waals surface area contributed by atoms with Gasteiger partial charge in [-0.2, -0.15) is 0 Å². The molecule has 1 aliphatic rings. The maximum atomic E-state index is 9.87. The summed E-state index contributed by atoms with van der Waals surface area (Å²) in [4.78, 5) is 0. The molecular formula is C13H19NO2. The van der Waals surface area contributed by atoms with Crippen molar-refractivity contribution >= 4 is 0 Å². The van der Waals surface area contributed by atoms with Gasteiger partial charge in [0.2, 0.25) is 0 Å². The van der Waals surface area contributed by atoms with Crippen molar-refractivity contribution < 1.29 is 9.84 Å². The van der Waals surface area contributed by atoms with Crippen LogP contribution in [0.4, 0.5) is 0 Å². The number of hydrogen-bond donors (Lipinski definition) is 2. The summed E-state index contributed by atoms with van der Waals surface area (Å²) in [6.07, 6.45) is 2.62. The Hall–Kier alpha value is -1.22. The third-order valence-electron chi connectivity index (χ3n) is 3.27. The number of ether oxygens (including phenoxy) is 1. The quantitative estimate of drug-likeness (QED) is 0.801. The first-order valence-electron chi connectivity index (χ1n) is 5.70. The van der Waals surface area contributed by atoms with Gasteiger partial charge >= 0.3 is 0 Å². The molecular weight excluding hydrogens is 202 g/mol. The molecule has 0 heterocycles. The number of hydrogen-bond acceptors (Lipinski definition) is 3. The molecule has 0 radical (unpaired) electrons. The van der Waals surface area contributed by atoms with E-state index in [2.05, 4.69) is 12.2 Å². The largest absolute Gasteiger partial charge is 0.504 e. The third kappa shape index (κ3) is 2.47. The molecule has 1 aromatic carbocycles. The molecule has 3 nitrogen and oxygen atoms in total. The van der Waals surface area contributed by atoms with Gasteiger partial charge in [-0.3, -0.25) is 0 Å². The summed E-state index contributed by atoms with van der Waals surface area (Å²) in [6.45, 7) is 3.99. The minimum absolute atomic E-state index is 0.249. The molecule has 0 saturated heterocycles. The molecule has 1 fully saturated rings. The van der Waals surface area contributed by atoms with Crippen molar-refractivity contribution in [1.82, 2.24) is 5.32 Å². The molecule has 1 aliphatic carbocycles. The Bertz CT molecular complexity index is 372. The lowest BCUT2D eigenvalue weighted by Crippen LogP contribution is -2.21. The number of aromatic hydroxyl groups is 1. The zero-order chi connectivity index (χ0) is 11.6. The van der Waals surface area contributed by atoms with Crippen molar-refractivity contribution in [3.63, 3.8) is 0 Å². The van der Waals surface area contributed by atoms with Crippen LogP contribution < -0.4 is 10.1 Å². The van der Waals surface area contributed by atoms with Crippen LogP contribution in [0, 0.1) is 5.41 Å². The van der Waals surface area contributed by atoms with Crippen LogP contribution in [0.2, 0.25) is 0 Å². The van der Waals surface area contributed by atoms with Crippen LogP contribution >= 0.6 is 0 Å². The van der Waals surface area contributed by atoms with E-state index in [1.54, 1.807) is 13.2 Å². The highest BCUT2D eigenvalue weighted by molar-refractivity contribution is 5.45. The Morgan fingerprint density at radius 2 is 2.19 bits per heavy atom. The molecule has 0 atom stereocenters. The van der Waals surface area contributed by atoms with Crippen LogP contribution in [0.25, 0.3) is 0 Å². The molecule has 0 unspecified atom stereocenters. The standard InChI is InChI=1S/C13H19NO2/c1-13(6-7-13)9-14-8-10-4-3-5-11(16-2)12(10)15/h3-5,14-15H,6-9H2,1-2H3. The summed E-state index contributed by atoms with van der Waals surface area (Å²) < 4.78 is 5.07. The van der Waals surface area contributed by atoms with Gasteiger partial charge in [0.15, 0.2) is 11.5 Å². The van der Waals surface area contributed by atoms with Crippen LogP contribution in [-0.4, -0.2) is 18.8 Å². The first-order chi connectivity index (χ1) is 7.64. The molecule has 0 spiro atoms. The number of phenolic OH excluding ortho intramolecular Hbond substituents is 1. The van der Waals surface area contributed by atoms with Crippen LogP contribution in [0.3, 0.4) is 0 Å². The predicted molar refractivity (Wildman–Crippen MR) is 63.7 cm³/mol. The molecule has 0 bridgehead atoms. The van der Waals surface area contributed by atoms with Gasteiger partial charge in [0.25, 0.3) is 0 Å². The number of methoxy groups -OCH3 is 1. The summed E-state index contributed by atoms with van der Waals surface area (Å²) >= 11 is 0. The minimum Gasteiger partial charge on any atom is -0.504 e. The molecule has 1 saturated carbocycles. The van der Waals surface area contributed by atoms with Gasteiger partial charge in [0.1, 0.15) is 0 Å². The van der Waals surface area contributed by atoms with Gasteiger partial charge in [-0.1, -0.05) is 19.1 Å². The summed E-state index contributed by atoms with van der Waals surface area (Å²) in [6, 6.07) is 5.58. The first-order valence-corrected chi connectivity index (χ1v) is 5.70. The van der Waals surface area contributed by atoms with Gasteiger partial charge in [0.05, 0.1) is 7.11 Å². The number of rotatable bonds is 5. The van der Waals surface area contributed by atoms with Crippen LogP contribution in [0.1, 0.15) is 25.3 Å². The molecule has 0 aliphatic heterocycles. The number of para-hydroxylation sites is 1. The van der Waals surface area contributed by atoms with E-state index in [0.29, 0.717) is 17.7 Å². The zero-order valence-corrected chi connectivity index (χ0v) is 9.92. The number of phenols is 1. The van der Waals surface area contributed by atoms with Gasteiger partial charge < -0.3 is 15.2 Å². The Morgan fingerprint density at radius 1 is 1.44 bits per heavy atom. The molecule has 0 aromatic heterocycles. The third-order valence-corrected chi connectivity index (χ3v) is 3.27. The molecule has 1 aromatic rings. The average molecular weight is 221 g/mol. The average Bonchev–Trinajstić information content (AvgIpc) is 2.99.